The van der Waals surface area contributed by atoms with Gasteiger partial charge in [-0.2, -0.15) is 0 Å². The second kappa shape index (κ2) is 3.73. The zero-order valence-corrected chi connectivity index (χ0v) is 9.00. The van der Waals surface area contributed by atoms with Gasteiger partial charge < -0.3 is 5.32 Å². The average Bonchev–Trinajstić information content (AvgIpc) is 2.82. The van der Waals surface area contributed by atoms with Gasteiger partial charge in [0.15, 0.2) is 0 Å². The van der Waals surface area contributed by atoms with Gasteiger partial charge in [-0.15, -0.1) is 0 Å². The molecular weight excluding hydrogens is 182 g/mol. The van der Waals surface area contributed by atoms with E-state index in [9.17, 15) is 0 Å². The molecule has 3 rings (SSSR count). The van der Waals surface area contributed by atoms with E-state index in [0.717, 1.165) is 0 Å². The van der Waals surface area contributed by atoms with Crippen molar-refractivity contribution in [2.75, 3.05) is 5.32 Å². The van der Waals surface area contributed by atoms with Gasteiger partial charge in [-0.1, -0.05) is 29.8 Å². The summed E-state index contributed by atoms with van der Waals surface area (Å²) in [4.78, 5) is 0. The van der Waals surface area contributed by atoms with Crippen LogP contribution in [0, 0.1) is 0 Å². The summed E-state index contributed by atoms with van der Waals surface area (Å²) >= 11 is 0. The maximum atomic E-state index is 3.67. The van der Waals surface area contributed by atoms with E-state index in [0.29, 0.717) is 6.04 Å². The molecule has 1 heterocycles. The number of aryl methyl sites for hydroxylation is 1. The normalized spacial score (nSPS) is 24.3. The molecule has 1 aliphatic carbocycles. The van der Waals surface area contributed by atoms with Gasteiger partial charge in [0.25, 0.3) is 0 Å². The molecule has 0 saturated heterocycles. The maximum absolute atomic E-state index is 3.67. The van der Waals surface area contributed by atoms with Gasteiger partial charge in [-0.05, 0) is 43.7 Å². The van der Waals surface area contributed by atoms with Crippen LogP contribution in [0.1, 0.15) is 31.2 Å². The predicted molar refractivity (Wildman–Crippen MR) is 64.1 cm³/mol. The molecule has 1 aromatic rings. The molecule has 0 radical (unpaired) electrons. The van der Waals surface area contributed by atoms with E-state index < -0.39 is 0 Å². The monoisotopic (exact) mass is 199 g/mol. The fourth-order valence-corrected chi connectivity index (χ4v) is 2.73. The number of fused-ring (bicyclic) bond motifs is 1. The lowest BCUT2D eigenvalue weighted by Gasteiger charge is -2.28. The summed E-state index contributed by atoms with van der Waals surface area (Å²) in [6.07, 6.45) is 8.88. The van der Waals surface area contributed by atoms with Crippen LogP contribution < -0.4 is 5.32 Å². The Morgan fingerprint density at radius 3 is 2.93 bits per heavy atom. The molecule has 0 aromatic heterocycles. The molecule has 0 spiro atoms. The van der Waals surface area contributed by atoms with E-state index in [4.69, 9.17) is 0 Å². The van der Waals surface area contributed by atoms with Gasteiger partial charge in [-0.25, -0.2) is 0 Å². The number of nitrogens with one attached hydrogen (secondary N) is 1. The molecule has 1 aromatic carbocycles. The molecule has 1 aliphatic heterocycles. The highest BCUT2D eigenvalue weighted by Gasteiger charge is 2.21. The Morgan fingerprint density at radius 1 is 1.13 bits per heavy atom. The van der Waals surface area contributed by atoms with Crippen molar-refractivity contribution < 1.29 is 0 Å². The molecule has 1 unspecified atom stereocenters. The van der Waals surface area contributed by atoms with Crippen molar-refractivity contribution in [1.29, 1.82) is 0 Å². The Bertz CT molecular complexity index is 392. The quantitative estimate of drug-likeness (QED) is 0.682. The Kier molecular flexibility index (Phi) is 2.24. The fourth-order valence-electron chi connectivity index (χ4n) is 2.73. The minimum absolute atomic E-state index is 0.613. The zero-order chi connectivity index (χ0) is 10.1. The van der Waals surface area contributed by atoms with Gasteiger partial charge in [0.2, 0.25) is 0 Å². The third kappa shape index (κ3) is 1.67. The average molecular weight is 199 g/mol. The zero-order valence-electron chi connectivity index (χ0n) is 9.00. The van der Waals surface area contributed by atoms with Crippen molar-refractivity contribution in [2.24, 2.45) is 0 Å². The summed E-state index contributed by atoms with van der Waals surface area (Å²) in [7, 11) is 0. The van der Waals surface area contributed by atoms with E-state index >= 15 is 0 Å². The fraction of sp³-hybridized carbons (Fsp3) is 0.429. The van der Waals surface area contributed by atoms with Crippen LogP contribution in [0.4, 0.5) is 5.69 Å². The standard InChI is InChI=1S/C14H17N/c1-2-6-11(5-1)14-10-9-12-7-3-4-8-13(12)15-14/h3-5,7-8,14-15H,1-2,6,9-10H2. The highest BCUT2D eigenvalue weighted by atomic mass is 14.9. The first-order chi connectivity index (χ1) is 7.43. The number of anilines is 1. The van der Waals surface area contributed by atoms with Gasteiger partial charge in [0, 0.05) is 11.7 Å². The van der Waals surface area contributed by atoms with E-state index in [1.54, 1.807) is 5.57 Å². The van der Waals surface area contributed by atoms with Gasteiger partial charge in [-0.3, -0.25) is 0 Å². The Balaban J connectivity index is 1.82. The Morgan fingerprint density at radius 2 is 2.07 bits per heavy atom. The lowest BCUT2D eigenvalue weighted by atomic mass is 9.93. The molecule has 1 atom stereocenters. The number of para-hydroxylation sites is 1. The highest BCUT2D eigenvalue weighted by Crippen LogP contribution is 2.31. The molecular formula is C14H17N. The first kappa shape index (κ1) is 9.02. The van der Waals surface area contributed by atoms with Crippen LogP contribution in [0.2, 0.25) is 0 Å². The molecule has 2 aliphatic rings. The summed E-state index contributed by atoms with van der Waals surface area (Å²) in [6.45, 7) is 0. The van der Waals surface area contributed by atoms with Gasteiger partial charge in [0.1, 0.15) is 0 Å². The van der Waals surface area contributed by atoms with E-state index in [2.05, 4.69) is 35.7 Å². The SMILES string of the molecule is C1=C(C2CCc3ccccc3N2)CCC1. The number of rotatable bonds is 1. The van der Waals surface area contributed by atoms with Gasteiger partial charge >= 0.3 is 0 Å². The summed E-state index contributed by atoms with van der Waals surface area (Å²) in [5.41, 5.74) is 4.47. The van der Waals surface area contributed by atoms with Crippen molar-refractivity contribution in [3.05, 3.63) is 41.5 Å². The van der Waals surface area contributed by atoms with Crippen molar-refractivity contribution in [2.45, 2.75) is 38.1 Å². The molecule has 1 N–H and O–H groups in total. The number of hydrogen-bond donors (Lipinski definition) is 1. The molecule has 0 saturated carbocycles. The molecule has 15 heavy (non-hydrogen) atoms. The van der Waals surface area contributed by atoms with Crippen LogP contribution in [0.3, 0.4) is 0 Å². The highest BCUT2D eigenvalue weighted by molar-refractivity contribution is 5.55. The lowest BCUT2D eigenvalue weighted by molar-refractivity contribution is 0.681. The summed E-state index contributed by atoms with van der Waals surface area (Å²) in [5, 5.41) is 3.67. The summed E-state index contributed by atoms with van der Waals surface area (Å²) in [5.74, 6) is 0. The van der Waals surface area contributed by atoms with Crippen molar-refractivity contribution in [1.82, 2.24) is 0 Å². The predicted octanol–water partition coefficient (Wildman–Crippen LogP) is 3.52. The number of hydrogen-bond acceptors (Lipinski definition) is 1. The molecule has 1 heteroatoms. The summed E-state index contributed by atoms with van der Waals surface area (Å²) in [6, 6.07) is 9.31. The topological polar surface area (TPSA) is 12.0 Å². The van der Waals surface area contributed by atoms with E-state index in [1.165, 1.54) is 43.4 Å². The second-order valence-corrected chi connectivity index (χ2v) is 4.56. The molecule has 0 bridgehead atoms. The lowest BCUT2D eigenvalue weighted by Crippen LogP contribution is -2.26. The largest absolute Gasteiger partial charge is 0.378 e. The molecule has 78 valence electrons. The van der Waals surface area contributed by atoms with Crippen molar-refractivity contribution in [3.63, 3.8) is 0 Å². The van der Waals surface area contributed by atoms with E-state index in [-0.39, 0.29) is 0 Å². The van der Waals surface area contributed by atoms with Crippen LogP contribution in [-0.4, -0.2) is 6.04 Å². The third-order valence-electron chi connectivity index (χ3n) is 3.57. The van der Waals surface area contributed by atoms with Crippen LogP contribution in [0.25, 0.3) is 0 Å². The first-order valence-corrected chi connectivity index (χ1v) is 5.97. The minimum atomic E-state index is 0.613. The van der Waals surface area contributed by atoms with Crippen LogP contribution >= 0.6 is 0 Å². The first-order valence-electron chi connectivity index (χ1n) is 5.97. The molecule has 0 amide bonds. The second-order valence-electron chi connectivity index (χ2n) is 4.56. The molecule has 0 fully saturated rings. The van der Waals surface area contributed by atoms with Gasteiger partial charge in [0.05, 0.1) is 0 Å². The minimum Gasteiger partial charge on any atom is -0.378 e. The van der Waals surface area contributed by atoms with Crippen molar-refractivity contribution >= 4 is 5.69 Å². The third-order valence-corrected chi connectivity index (χ3v) is 3.57. The molecule has 1 nitrogen and oxygen atoms in total. The van der Waals surface area contributed by atoms with Crippen LogP contribution in [0.5, 0.6) is 0 Å². The van der Waals surface area contributed by atoms with E-state index in [1.807, 2.05) is 0 Å². The van der Waals surface area contributed by atoms with Crippen molar-refractivity contribution in [3.8, 4) is 0 Å². The Labute approximate surface area is 91.2 Å². The smallest absolute Gasteiger partial charge is 0.0476 e. The summed E-state index contributed by atoms with van der Waals surface area (Å²) < 4.78 is 0. The number of benzene rings is 1. The Hall–Kier alpha value is -1.24. The number of allylic oxidation sites excluding steroid dienone is 1. The van der Waals surface area contributed by atoms with Crippen LogP contribution in [0.15, 0.2) is 35.9 Å². The van der Waals surface area contributed by atoms with Crippen LogP contribution in [-0.2, 0) is 6.42 Å². The maximum Gasteiger partial charge on any atom is 0.0476 e.